The highest BCUT2D eigenvalue weighted by Crippen LogP contribution is 2.26. The lowest BCUT2D eigenvalue weighted by Crippen LogP contribution is -2.45. The van der Waals surface area contributed by atoms with Crippen LogP contribution in [0.5, 0.6) is 0 Å². The van der Waals surface area contributed by atoms with E-state index < -0.39 is 27.8 Å². The Morgan fingerprint density at radius 2 is 2.04 bits per heavy atom. The van der Waals surface area contributed by atoms with E-state index in [9.17, 15) is 17.6 Å². The van der Waals surface area contributed by atoms with Crippen molar-refractivity contribution in [1.82, 2.24) is 10.2 Å². The highest BCUT2D eigenvalue weighted by Gasteiger charge is 2.31. The Balaban J connectivity index is 2.29. The predicted molar refractivity (Wildman–Crippen MR) is 93.5 cm³/mol. The first-order chi connectivity index (χ1) is 11.2. The predicted octanol–water partition coefficient (Wildman–Crippen LogP) is 2.19. The van der Waals surface area contributed by atoms with Crippen LogP contribution in [0.1, 0.15) is 6.92 Å². The minimum Gasteiger partial charge on any atom is -0.299 e. The quantitative estimate of drug-likeness (QED) is 0.600. The Labute approximate surface area is 147 Å². The molecular weight excluding hydrogens is 375 g/mol. The van der Waals surface area contributed by atoms with Crippen LogP contribution in [0.25, 0.3) is 0 Å². The van der Waals surface area contributed by atoms with E-state index in [1.54, 1.807) is 0 Å². The molecule has 11 heteroatoms. The first-order valence-corrected chi connectivity index (χ1v) is 10.5. The van der Waals surface area contributed by atoms with Crippen LogP contribution in [0.4, 0.5) is 15.2 Å². The van der Waals surface area contributed by atoms with Gasteiger partial charge in [-0.3, -0.25) is 14.4 Å². The average Bonchev–Trinajstić information content (AvgIpc) is 2.95. The van der Waals surface area contributed by atoms with Crippen molar-refractivity contribution in [3.63, 3.8) is 0 Å². The smallest absolute Gasteiger partial charge is 0.249 e. The van der Waals surface area contributed by atoms with E-state index in [4.69, 9.17) is 0 Å². The summed E-state index contributed by atoms with van der Waals surface area (Å²) in [5.41, 5.74) is -0.190. The van der Waals surface area contributed by atoms with Gasteiger partial charge in [0.25, 0.3) is 0 Å². The number of carbonyl (C=O) groups excluding carboxylic acids is 1. The number of nitrogens with zero attached hydrogens (tertiary/aromatic N) is 3. The molecule has 2 rings (SSSR count). The molecule has 0 saturated heterocycles. The molecule has 1 aromatic carbocycles. The number of thioether (sulfide) groups is 1. The topological polar surface area (TPSA) is 92.3 Å². The van der Waals surface area contributed by atoms with Crippen LogP contribution in [0.3, 0.4) is 0 Å². The number of anilines is 2. The average molecular weight is 390 g/mol. The Kier molecular flexibility index (Phi) is 5.78. The summed E-state index contributed by atoms with van der Waals surface area (Å²) in [5.74, 6) is -1.37. The molecule has 1 heterocycles. The number of hydrogen-bond acceptors (Lipinski definition) is 7. The molecule has 0 fully saturated rings. The van der Waals surface area contributed by atoms with Gasteiger partial charge < -0.3 is 0 Å². The molecule has 0 aliphatic carbocycles. The number of para-hydroxylation sites is 1. The van der Waals surface area contributed by atoms with Crippen molar-refractivity contribution >= 4 is 49.8 Å². The highest BCUT2D eigenvalue weighted by atomic mass is 32.2. The Morgan fingerprint density at radius 1 is 1.38 bits per heavy atom. The minimum absolute atomic E-state index is 0.190. The van der Waals surface area contributed by atoms with Crippen LogP contribution < -0.4 is 9.62 Å². The van der Waals surface area contributed by atoms with Crippen LogP contribution in [0.2, 0.25) is 0 Å². The first kappa shape index (κ1) is 18.6. The number of rotatable bonds is 6. The van der Waals surface area contributed by atoms with E-state index >= 15 is 0 Å². The van der Waals surface area contributed by atoms with Gasteiger partial charge in [-0.05, 0) is 25.3 Å². The second kappa shape index (κ2) is 7.45. The largest absolute Gasteiger partial charge is 0.299 e. The summed E-state index contributed by atoms with van der Waals surface area (Å²) in [6, 6.07) is 4.20. The maximum absolute atomic E-state index is 14.0. The molecule has 0 saturated carbocycles. The maximum Gasteiger partial charge on any atom is 0.249 e. The van der Waals surface area contributed by atoms with E-state index in [1.165, 1.54) is 36.9 Å². The third kappa shape index (κ3) is 4.22. The first-order valence-electron chi connectivity index (χ1n) is 6.66. The zero-order valence-corrected chi connectivity index (χ0v) is 15.5. The summed E-state index contributed by atoms with van der Waals surface area (Å²) in [6.45, 7) is 1.37. The lowest BCUT2D eigenvalue weighted by atomic mass is 10.2. The van der Waals surface area contributed by atoms with Crippen LogP contribution in [0, 0.1) is 5.82 Å². The van der Waals surface area contributed by atoms with E-state index in [0.717, 1.165) is 28.0 Å². The molecule has 2 aromatic rings. The minimum atomic E-state index is -3.88. The molecule has 0 aliphatic heterocycles. The molecule has 1 N–H and O–H groups in total. The third-order valence-electron chi connectivity index (χ3n) is 2.99. The van der Waals surface area contributed by atoms with Gasteiger partial charge in [-0.15, -0.1) is 10.2 Å². The molecular formula is C13H15FN4O3S3. The van der Waals surface area contributed by atoms with Gasteiger partial charge in [-0.1, -0.05) is 35.2 Å². The summed E-state index contributed by atoms with van der Waals surface area (Å²) >= 11 is 2.54. The second-order valence-electron chi connectivity index (χ2n) is 4.75. The SMILES string of the molecule is CSc1nnc(NC(=O)[C@@H](C)N(c2ccccc2F)S(C)(=O)=O)s1. The number of aromatic nitrogens is 2. The molecule has 0 radical (unpaired) electrons. The maximum atomic E-state index is 14.0. The Morgan fingerprint density at radius 3 is 2.58 bits per heavy atom. The molecule has 1 atom stereocenters. The molecule has 1 amide bonds. The number of amides is 1. The summed E-state index contributed by atoms with van der Waals surface area (Å²) < 4.78 is 39.6. The molecule has 0 aliphatic rings. The molecule has 0 unspecified atom stereocenters. The molecule has 24 heavy (non-hydrogen) atoms. The molecule has 7 nitrogen and oxygen atoms in total. The highest BCUT2D eigenvalue weighted by molar-refractivity contribution is 8.00. The standard InChI is InChI=1S/C13H15FN4O3S3/c1-8(11(19)15-12-16-17-13(22-2)23-12)18(24(3,20)21)10-7-5-4-6-9(10)14/h4-8H,1-3H3,(H,15,16,19)/t8-/m1/s1. The fourth-order valence-corrected chi connectivity index (χ4v) is 4.31. The zero-order valence-electron chi connectivity index (χ0n) is 13.1. The van der Waals surface area contributed by atoms with Gasteiger partial charge in [-0.2, -0.15) is 0 Å². The van der Waals surface area contributed by atoms with Crippen LogP contribution in [-0.4, -0.2) is 43.1 Å². The van der Waals surface area contributed by atoms with Crippen molar-refractivity contribution in [3.8, 4) is 0 Å². The van der Waals surface area contributed by atoms with Crippen LogP contribution in [0.15, 0.2) is 28.6 Å². The fraction of sp³-hybridized carbons (Fsp3) is 0.308. The van der Waals surface area contributed by atoms with Gasteiger partial charge in [0.15, 0.2) is 4.34 Å². The number of nitrogens with one attached hydrogen (secondary N) is 1. The normalized spacial score (nSPS) is 12.7. The lowest BCUT2D eigenvalue weighted by Gasteiger charge is -2.28. The van der Waals surface area contributed by atoms with Gasteiger partial charge in [0, 0.05) is 0 Å². The van der Waals surface area contributed by atoms with Crippen LogP contribution in [-0.2, 0) is 14.8 Å². The fourth-order valence-electron chi connectivity index (χ4n) is 1.96. The second-order valence-corrected chi connectivity index (χ2v) is 8.64. The van der Waals surface area contributed by atoms with Crippen molar-refractivity contribution in [3.05, 3.63) is 30.1 Å². The van der Waals surface area contributed by atoms with Gasteiger partial charge in [0.05, 0.1) is 11.9 Å². The molecule has 1 aromatic heterocycles. The van der Waals surface area contributed by atoms with Crippen molar-refractivity contribution in [2.45, 2.75) is 17.3 Å². The molecule has 130 valence electrons. The number of benzene rings is 1. The number of hydrogen-bond donors (Lipinski definition) is 1. The summed E-state index contributed by atoms with van der Waals surface area (Å²) in [6.07, 6.45) is 2.73. The van der Waals surface area contributed by atoms with Gasteiger partial charge >= 0.3 is 0 Å². The van der Waals surface area contributed by atoms with Gasteiger partial charge in [0.2, 0.25) is 21.1 Å². The Hall–Kier alpha value is -1.72. The monoisotopic (exact) mass is 390 g/mol. The number of carbonyl (C=O) groups is 1. The number of sulfonamides is 1. The summed E-state index contributed by atoms with van der Waals surface area (Å²) in [5, 5.41) is 10.4. The van der Waals surface area contributed by atoms with E-state index in [2.05, 4.69) is 15.5 Å². The van der Waals surface area contributed by atoms with Crippen molar-refractivity contribution in [2.24, 2.45) is 0 Å². The van der Waals surface area contributed by atoms with Crippen molar-refractivity contribution < 1.29 is 17.6 Å². The molecule has 0 spiro atoms. The summed E-state index contributed by atoms with van der Waals surface area (Å²) in [7, 11) is -3.88. The van der Waals surface area contributed by atoms with Gasteiger partial charge in [0.1, 0.15) is 11.9 Å². The van der Waals surface area contributed by atoms with Crippen LogP contribution >= 0.6 is 23.1 Å². The van der Waals surface area contributed by atoms with E-state index in [-0.39, 0.29) is 10.8 Å². The number of halogens is 1. The zero-order chi connectivity index (χ0) is 17.9. The Bertz CT molecular complexity index is 840. The van der Waals surface area contributed by atoms with Gasteiger partial charge in [-0.25, -0.2) is 12.8 Å². The third-order valence-corrected chi connectivity index (χ3v) is 6.03. The van der Waals surface area contributed by atoms with E-state index in [1.807, 2.05) is 6.26 Å². The van der Waals surface area contributed by atoms with Crippen molar-refractivity contribution in [2.75, 3.05) is 22.1 Å². The van der Waals surface area contributed by atoms with E-state index in [0.29, 0.717) is 4.34 Å². The summed E-state index contributed by atoms with van der Waals surface area (Å²) in [4.78, 5) is 12.4. The lowest BCUT2D eigenvalue weighted by molar-refractivity contribution is -0.116. The van der Waals surface area contributed by atoms with Crippen molar-refractivity contribution in [1.29, 1.82) is 0 Å². The molecule has 0 bridgehead atoms.